The molecule has 1 atom stereocenters. The molecule has 1 aliphatic heterocycles. The van der Waals surface area contributed by atoms with Gasteiger partial charge in [0.15, 0.2) is 6.04 Å². The van der Waals surface area contributed by atoms with Crippen LogP contribution in [0.1, 0.15) is 12.5 Å². The summed E-state index contributed by atoms with van der Waals surface area (Å²) in [6.07, 6.45) is 0.874. The first kappa shape index (κ1) is 14.3. The van der Waals surface area contributed by atoms with Gasteiger partial charge >= 0.3 is 12.0 Å². The van der Waals surface area contributed by atoms with Gasteiger partial charge in [-0.1, -0.05) is 19.1 Å². The lowest BCUT2D eigenvalue weighted by atomic mass is 10.1. The lowest BCUT2D eigenvalue weighted by Gasteiger charge is -2.32. The van der Waals surface area contributed by atoms with Gasteiger partial charge in [0.05, 0.1) is 13.2 Å². The van der Waals surface area contributed by atoms with Crippen molar-refractivity contribution in [2.75, 3.05) is 25.1 Å². The highest BCUT2D eigenvalue weighted by molar-refractivity contribution is 5.92. The van der Waals surface area contributed by atoms with Crippen molar-refractivity contribution in [1.82, 2.24) is 4.90 Å². The van der Waals surface area contributed by atoms with Crippen LogP contribution in [0.15, 0.2) is 24.3 Å². The van der Waals surface area contributed by atoms with Crippen LogP contribution in [0.3, 0.4) is 0 Å². The molecular formula is C14H18N2O4. The maximum Gasteiger partial charge on any atom is 0.328 e. The summed E-state index contributed by atoms with van der Waals surface area (Å²) in [5.74, 6) is -1.05. The Morgan fingerprint density at radius 2 is 2.30 bits per heavy atom. The van der Waals surface area contributed by atoms with E-state index in [1.807, 2.05) is 25.1 Å². The molecule has 0 saturated carbocycles. The summed E-state index contributed by atoms with van der Waals surface area (Å²) in [7, 11) is 0. The van der Waals surface area contributed by atoms with Crippen molar-refractivity contribution in [2.24, 2.45) is 0 Å². The molecular weight excluding hydrogens is 260 g/mol. The predicted octanol–water partition coefficient (Wildman–Crippen LogP) is 1.57. The highest BCUT2D eigenvalue weighted by Crippen LogP contribution is 2.14. The monoisotopic (exact) mass is 278 g/mol. The maximum atomic E-state index is 12.2. The van der Waals surface area contributed by atoms with Gasteiger partial charge in [-0.2, -0.15) is 0 Å². The lowest BCUT2D eigenvalue weighted by molar-refractivity contribution is -0.147. The number of aryl methyl sites for hydroxylation is 1. The Morgan fingerprint density at radius 1 is 1.50 bits per heavy atom. The van der Waals surface area contributed by atoms with Crippen molar-refractivity contribution in [2.45, 2.75) is 19.4 Å². The van der Waals surface area contributed by atoms with E-state index in [0.29, 0.717) is 12.3 Å². The zero-order valence-electron chi connectivity index (χ0n) is 11.3. The summed E-state index contributed by atoms with van der Waals surface area (Å²) in [6, 6.07) is 6.17. The van der Waals surface area contributed by atoms with Gasteiger partial charge in [-0.05, 0) is 24.1 Å². The number of carbonyl (C=O) groups is 2. The van der Waals surface area contributed by atoms with E-state index in [9.17, 15) is 9.59 Å². The zero-order chi connectivity index (χ0) is 14.5. The van der Waals surface area contributed by atoms with Crippen LogP contribution in [0.4, 0.5) is 10.5 Å². The maximum absolute atomic E-state index is 12.2. The van der Waals surface area contributed by atoms with E-state index in [-0.39, 0.29) is 13.2 Å². The molecule has 108 valence electrons. The van der Waals surface area contributed by atoms with Gasteiger partial charge in [0.25, 0.3) is 0 Å². The van der Waals surface area contributed by atoms with E-state index in [0.717, 1.165) is 12.0 Å². The second-order valence-corrected chi connectivity index (χ2v) is 4.61. The van der Waals surface area contributed by atoms with Crippen molar-refractivity contribution < 1.29 is 19.4 Å². The number of amides is 2. The zero-order valence-corrected chi connectivity index (χ0v) is 11.3. The van der Waals surface area contributed by atoms with Gasteiger partial charge in [-0.25, -0.2) is 9.59 Å². The summed E-state index contributed by atoms with van der Waals surface area (Å²) < 4.78 is 5.11. The van der Waals surface area contributed by atoms with Crippen molar-refractivity contribution in [1.29, 1.82) is 0 Å². The standard InChI is InChI=1S/C14H18N2O4/c1-2-10-4-3-5-11(8-10)15-14(19)16-6-7-20-9-12(16)13(17)18/h3-5,8,12H,2,6-7,9H2,1H3,(H,15,19)(H,17,18). The Bertz CT molecular complexity index is 504. The summed E-state index contributed by atoms with van der Waals surface area (Å²) in [5, 5.41) is 11.8. The number of nitrogens with zero attached hydrogens (tertiary/aromatic N) is 1. The fourth-order valence-corrected chi connectivity index (χ4v) is 2.12. The Kier molecular flexibility index (Phi) is 4.57. The Labute approximate surface area is 117 Å². The first-order chi connectivity index (χ1) is 9.61. The number of hydrogen-bond acceptors (Lipinski definition) is 3. The molecule has 0 bridgehead atoms. The normalized spacial score (nSPS) is 18.6. The van der Waals surface area contributed by atoms with E-state index in [4.69, 9.17) is 9.84 Å². The molecule has 20 heavy (non-hydrogen) atoms. The van der Waals surface area contributed by atoms with Crippen LogP contribution in [-0.4, -0.2) is 47.8 Å². The molecule has 6 heteroatoms. The van der Waals surface area contributed by atoms with Crippen LogP contribution in [0.5, 0.6) is 0 Å². The predicted molar refractivity (Wildman–Crippen MR) is 73.8 cm³/mol. The molecule has 1 heterocycles. The molecule has 0 aliphatic carbocycles. The van der Waals surface area contributed by atoms with E-state index in [1.165, 1.54) is 4.90 Å². The molecule has 1 saturated heterocycles. The number of anilines is 1. The number of nitrogens with one attached hydrogen (secondary N) is 1. The number of rotatable bonds is 3. The van der Waals surface area contributed by atoms with Crippen LogP contribution in [-0.2, 0) is 16.0 Å². The Hall–Kier alpha value is -2.08. The molecule has 0 spiro atoms. The molecule has 2 amide bonds. The number of carboxylic acid groups (broad SMARTS) is 1. The fourth-order valence-electron chi connectivity index (χ4n) is 2.12. The van der Waals surface area contributed by atoms with E-state index in [2.05, 4.69) is 5.32 Å². The van der Waals surface area contributed by atoms with Crippen molar-refractivity contribution in [3.8, 4) is 0 Å². The molecule has 1 fully saturated rings. The third kappa shape index (κ3) is 3.27. The number of morpholine rings is 1. The average Bonchev–Trinajstić information content (AvgIpc) is 2.47. The summed E-state index contributed by atoms with van der Waals surface area (Å²) in [4.78, 5) is 24.6. The van der Waals surface area contributed by atoms with E-state index < -0.39 is 18.0 Å². The summed E-state index contributed by atoms with van der Waals surface area (Å²) >= 11 is 0. The van der Waals surface area contributed by atoms with Gasteiger partial charge in [-0.3, -0.25) is 0 Å². The molecule has 1 aromatic carbocycles. The third-order valence-electron chi connectivity index (χ3n) is 3.26. The summed E-state index contributed by atoms with van der Waals surface area (Å²) in [5.41, 5.74) is 1.78. The highest BCUT2D eigenvalue weighted by Gasteiger charge is 2.32. The minimum absolute atomic E-state index is 0.0255. The van der Waals surface area contributed by atoms with Gasteiger partial charge in [0, 0.05) is 12.2 Å². The highest BCUT2D eigenvalue weighted by atomic mass is 16.5. The van der Waals surface area contributed by atoms with Crippen LogP contribution < -0.4 is 5.32 Å². The molecule has 2 N–H and O–H groups in total. The molecule has 0 radical (unpaired) electrons. The molecule has 2 rings (SSSR count). The number of carbonyl (C=O) groups excluding carboxylic acids is 1. The van der Waals surface area contributed by atoms with Crippen LogP contribution >= 0.6 is 0 Å². The second-order valence-electron chi connectivity index (χ2n) is 4.61. The average molecular weight is 278 g/mol. The molecule has 6 nitrogen and oxygen atoms in total. The fraction of sp³-hybridized carbons (Fsp3) is 0.429. The lowest BCUT2D eigenvalue weighted by Crippen LogP contribution is -2.53. The van der Waals surface area contributed by atoms with Crippen molar-refractivity contribution in [3.63, 3.8) is 0 Å². The Morgan fingerprint density at radius 3 is 3.00 bits per heavy atom. The van der Waals surface area contributed by atoms with Crippen LogP contribution in [0.25, 0.3) is 0 Å². The first-order valence-corrected chi connectivity index (χ1v) is 6.59. The first-order valence-electron chi connectivity index (χ1n) is 6.59. The van der Waals surface area contributed by atoms with Gasteiger partial charge < -0.3 is 20.1 Å². The van der Waals surface area contributed by atoms with Crippen LogP contribution in [0, 0.1) is 0 Å². The molecule has 1 unspecified atom stereocenters. The minimum Gasteiger partial charge on any atom is -0.480 e. The van der Waals surface area contributed by atoms with Crippen LogP contribution in [0.2, 0.25) is 0 Å². The van der Waals surface area contributed by atoms with Crippen molar-refractivity contribution >= 4 is 17.7 Å². The number of carboxylic acids is 1. The van der Waals surface area contributed by atoms with Crippen molar-refractivity contribution in [3.05, 3.63) is 29.8 Å². The largest absolute Gasteiger partial charge is 0.480 e. The quantitative estimate of drug-likeness (QED) is 0.879. The molecule has 1 aliphatic rings. The summed E-state index contributed by atoms with van der Waals surface area (Å²) in [6.45, 7) is 2.68. The number of benzene rings is 1. The number of aliphatic carboxylic acids is 1. The van der Waals surface area contributed by atoms with Gasteiger partial charge in [0.2, 0.25) is 0 Å². The Balaban J connectivity index is 2.07. The van der Waals surface area contributed by atoms with Gasteiger partial charge in [0.1, 0.15) is 0 Å². The van der Waals surface area contributed by atoms with E-state index in [1.54, 1.807) is 6.07 Å². The smallest absolute Gasteiger partial charge is 0.328 e. The number of hydrogen-bond donors (Lipinski definition) is 2. The SMILES string of the molecule is CCc1cccc(NC(=O)N2CCOCC2C(=O)O)c1. The molecule has 1 aromatic rings. The third-order valence-corrected chi connectivity index (χ3v) is 3.26. The number of urea groups is 1. The number of ether oxygens (including phenoxy) is 1. The van der Waals surface area contributed by atoms with Gasteiger partial charge in [-0.15, -0.1) is 0 Å². The topological polar surface area (TPSA) is 78.9 Å². The van der Waals surface area contributed by atoms with E-state index >= 15 is 0 Å². The second kappa shape index (κ2) is 6.38. The minimum atomic E-state index is -1.05. The molecule has 0 aromatic heterocycles.